The second kappa shape index (κ2) is 4.59. The lowest BCUT2D eigenvalue weighted by Crippen LogP contribution is -2.05. The first kappa shape index (κ1) is 12.3. The Kier molecular flexibility index (Phi) is 3.14. The van der Waals surface area contributed by atoms with E-state index in [0.717, 1.165) is 12.1 Å². The maximum atomic E-state index is 12.3. The lowest BCUT2D eigenvalue weighted by molar-refractivity contribution is -0.137. The van der Waals surface area contributed by atoms with Crippen LogP contribution in [0.1, 0.15) is 11.1 Å². The molecule has 4 nitrogen and oxygen atoms in total. The molecular weight excluding hydrogens is 247 g/mol. The van der Waals surface area contributed by atoms with Gasteiger partial charge in [0, 0.05) is 0 Å². The maximum Gasteiger partial charge on any atom is 0.416 e. The quantitative estimate of drug-likeness (QED) is 0.789. The fourth-order valence-corrected chi connectivity index (χ4v) is 1.47. The summed E-state index contributed by atoms with van der Waals surface area (Å²) >= 11 is 0. The van der Waals surface area contributed by atoms with E-state index in [1.807, 2.05) is 0 Å². The summed E-state index contributed by atoms with van der Waals surface area (Å²) in [6.07, 6.45) is -1.62. The van der Waals surface area contributed by atoms with Gasteiger partial charge in [0.1, 0.15) is 5.69 Å². The lowest BCUT2D eigenvalue weighted by atomic mass is 10.1. The summed E-state index contributed by atoms with van der Waals surface area (Å²) in [4.78, 5) is 10.2. The summed E-state index contributed by atoms with van der Waals surface area (Å²) in [5.41, 5.74) is 0.146. The Balaban J connectivity index is 2.13. The molecule has 0 aliphatic heterocycles. The van der Waals surface area contributed by atoms with Crippen molar-refractivity contribution in [3.05, 3.63) is 52.7 Å². The maximum absolute atomic E-state index is 12.3. The molecule has 0 fully saturated rings. The average Bonchev–Trinajstić information content (AvgIpc) is 2.76. The van der Waals surface area contributed by atoms with E-state index in [9.17, 15) is 18.1 Å². The van der Waals surface area contributed by atoms with E-state index in [1.165, 1.54) is 29.2 Å². The van der Waals surface area contributed by atoms with Crippen LogP contribution in [-0.4, -0.2) is 9.78 Å². The zero-order valence-corrected chi connectivity index (χ0v) is 9.05. The van der Waals surface area contributed by atoms with E-state index >= 15 is 0 Å². The zero-order chi connectivity index (χ0) is 13.2. The molecule has 0 unspecified atom stereocenters. The Bertz CT molecular complexity index is 545. The molecule has 2 aromatic rings. The lowest BCUT2D eigenvalue weighted by Gasteiger charge is -2.07. The molecule has 2 rings (SSSR count). The number of nitrogens with zero attached hydrogens (tertiary/aromatic N) is 3. The van der Waals surface area contributed by atoms with Gasteiger partial charge in [0.25, 0.3) is 0 Å². The van der Waals surface area contributed by atoms with Crippen LogP contribution >= 0.6 is 0 Å². The van der Waals surface area contributed by atoms with Crippen molar-refractivity contribution in [3.8, 4) is 0 Å². The van der Waals surface area contributed by atoms with Crippen molar-refractivity contribution in [1.29, 1.82) is 0 Å². The van der Waals surface area contributed by atoms with Crippen molar-refractivity contribution in [1.82, 2.24) is 9.78 Å². The van der Waals surface area contributed by atoms with Gasteiger partial charge in [-0.2, -0.15) is 18.3 Å². The molecule has 94 valence electrons. The normalized spacial score (nSPS) is 11.5. The predicted octanol–water partition coefficient (Wildman–Crippen LogP) is 3.35. The van der Waals surface area contributed by atoms with Crippen LogP contribution < -0.4 is 0 Å². The molecule has 0 amide bonds. The third-order valence-electron chi connectivity index (χ3n) is 2.35. The molecule has 1 heterocycles. The first-order valence-electron chi connectivity index (χ1n) is 5.01. The summed E-state index contributed by atoms with van der Waals surface area (Å²) in [5, 5.41) is 6.55. The number of aromatic nitrogens is 2. The standard InChI is InChI=1S/C11H8F3N3O/c12-11(13,14)9-3-1-8(2-4-9)6-17-7-10(16-18)5-15-17/h1-5,7H,6H2. The second-order valence-corrected chi connectivity index (χ2v) is 3.68. The van der Waals surface area contributed by atoms with Crippen LogP contribution in [0.2, 0.25) is 0 Å². The minimum Gasteiger partial charge on any atom is -0.266 e. The monoisotopic (exact) mass is 255 g/mol. The third kappa shape index (κ3) is 2.73. The Labute approximate surface area is 100 Å². The zero-order valence-electron chi connectivity index (χ0n) is 9.05. The van der Waals surface area contributed by atoms with Gasteiger partial charge < -0.3 is 0 Å². The van der Waals surface area contributed by atoms with Gasteiger partial charge in [-0.3, -0.25) is 4.68 Å². The number of benzene rings is 1. The predicted molar refractivity (Wildman–Crippen MR) is 58.2 cm³/mol. The van der Waals surface area contributed by atoms with E-state index in [-0.39, 0.29) is 12.2 Å². The molecule has 0 saturated heterocycles. The molecule has 0 N–H and O–H groups in total. The molecule has 7 heteroatoms. The van der Waals surface area contributed by atoms with Crippen molar-refractivity contribution in [3.63, 3.8) is 0 Å². The van der Waals surface area contributed by atoms with E-state index in [2.05, 4.69) is 10.3 Å². The van der Waals surface area contributed by atoms with E-state index in [0.29, 0.717) is 5.56 Å². The minimum absolute atomic E-state index is 0.182. The Morgan fingerprint density at radius 1 is 1.22 bits per heavy atom. The highest BCUT2D eigenvalue weighted by Crippen LogP contribution is 2.29. The number of alkyl halides is 3. The summed E-state index contributed by atoms with van der Waals surface area (Å²) < 4.78 is 38.4. The van der Waals surface area contributed by atoms with Crippen LogP contribution in [0.25, 0.3) is 0 Å². The minimum atomic E-state index is -4.33. The summed E-state index contributed by atoms with van der Waals surface area (Å²) in [7, 11) is 0. The molecular formula is C11H8F3N3O. The van der Waals surface area contributed by atoms with Gasteiger partial charge in [-0.1, -0.05) is 12.1 Å². The Morgan fingerprint density at radius 2 is 1.89 bits per heavy atom. The molecule has 0 radical (unpaired) electrons. The van der Waals surface area contributed by atoms with Crippen molar-refractivity contribution in [2.75, 3.05) is 0 Å². The van der Waals surface area contributed by atoms with Crippen LogP contribution in [0, 0.1) is 4.91 Å². The summed E-state index contributed by atoms with van der Waals surface area (Å²) in [5.74, 6) is 0. The van der Waals surface area contributed by atoms with Crippen molar-refractivity contribution in [2.24, 2.45) is 5.18 Å². The highest BCUT2D eigenvalue weighted by molar-refractivity contribution is 5.30. The van der Waals surface area contributed by atoms with Crippen molar-refractivity contribution >= 4 is 5.69 Å². The van der Waals surface area contributed by atoms with Gasteiger partial charge in [0.2, 0.25) is 0 Å². The number of nitroso groups, excluding NO2 is 1. The van der Waals surface area contributed by atoms with E-state index in [4.69, 9.17) is 0 Å². The summed E-state index contributed by atoms with van der Waals surface area (Å²) in [6.45, 7) is 0.285. The van der Waals surface area contributed by atoms with Gasteiger partial charge in [-0.15, -0.1) is 4.91 Å². The van der Waals surface area contributed by atoms with Crippen LogP contribution in [0.5, 0.6) is 0 Å². The van der Waals surface area contributed by atoms with E-state index < -0.39 is 11.7 Å². The fraction of sp³-hybridized carbons (Fsp3) is 0.182. The molecule has 18 heavy (non-hydrogen) atoms. The molecule has 0 atom stereocenters. The highest BCUT2D eigenvalue weighted by atomic mass is 19.4. The fourth-order valence-electron chi connectivity index (χ4n) is 1.47. The third-order valence-corrected chi connectivity index (χ3v) is 2.35. The first-order valence-corrected chi connectivity index (χ1v) is 5.01. The molecule has 0 saturated carbocycles. The SMILES string of the molecule is O=Nc1cnn(Cc2ccc(C(F)(F)F)cc2)c1. The van der Waals surface area contributed by atoms with Crippen molar-refractivity contribution < 1.29 is 13.2 Å². The van der Waals surface area contributed by atoms with Crippen LogP contribution in [0.3, 0.4) is 0 Å². The van der Waals surface area contributed by atoms with Gasteiger partial charge in [-0.25, -0.2) is 0 Å². The van der Waals surface area contributed by atoms with Crippen LogP contribution in [0.15, 0.2) is 41.8 Å². The van der Waals surface area contributed by atoms with E-state index in [1.54, 1.807) is 0 Å². The Hall–Kier alpha value is -2.18. The summed E-state index contributed by atoms with van der Waals surface area (Å²) in [6, 6.07) is 4.77. The molecule has 0 aliphatic carbocycles. The number of rotatable bonds is 3. The van der Waals surface area contributed by atoms with Gasteiger partial charge in [-0.05, 0) is 22.9 Å². The number of halogens is 3. The van der Waals surface area contributed by atoms with Crippen molar-refractivity contribution in [2.45, 2.75) is 12.7 Å². The van der Waals surface area contributed by atoms with Crippen LogP contribution in [0.4, 0.5) is 18.9 Å². The Morgan fingerprint density at radius 3 is 2.39 bits per heavy atom. The highest BCUT2D eigenvalue weighted by Gasteiger charge is 2.29. The number of hydrogen-bond acceptors (Lipinski definition) is 3. The number of hydrogen-bond donors (Lipinski definition) is 0. The second-order valence-electron chi connectivity index (χ2n) is 3.68. The molecule has 1 aromatic carbocycles. The average molecular weight is 255 g/mol. The molecule has 1 aromatic heterocycles. The largest absolute Gasteiger partial charge is 0.416 e. The van der Waals surface area contributed by atoms with Crippen LogP contribution in [-0.2, 0) is 12.7 Å². The molecule has 0 aliphatic rings. The first-order chi connectivity index (χ1) is 8.49. The molecule has 0 bridgehead atoms. The molecule has 0 spiro atoms. The topological polar surface area (TPSA) is 47.2 Å². The smallest absolute Gasteiger partial charge is 0.266 e. The van der Waals surface area contributed by atoms with Gasteiger partial charge in [0.05, 0.1) is 24.5 Å². The van der Waals surface area contributed by atoms with Gasteiger partial charge >= 0.3 is 6.18 Å². The van der Waals surface area contributed by atoms with Gasteiger partial charge in [0.15, 0.2) is 0 Å².